The number of aliphatic carboxylic acids is 1. The Bertz CT molecular complexity index is 440. The average molecular weight is 331 g/mol. The number of carboxylic acid groups (broad SMARTS) is 1. The van der Waals surface area contributed by atoms with Gasteiger partial charge in [-0.05, 0) is 47.7 Å². The number of ether oxygens (including phenoxy) is 1. The van der Waals surface area contributed by atoms with E-state index in [1.54, 1.807) is 14.2 Å². The number of halogens is 1. The summed E-state index contributed by atoms with van der Waals surface area (Å²) in [5.41, 5.74) is 1.09. The van der Waals surface area contributed by atoms with Crippen LogP contribution >= 0.6 is 15.9 Å². The van der Waals surface area contributed by atoms with Crippen molar-refractivity contribution in [3.63, 3.8) is 0 Å². The lowest BCUT2D eigenvalue weighted by Gasteiger charge is -2.21. The van der Waals surface area contributed by atoms with Gasteiger partial charge in [0.15, 0.2) is 0 Å². The third-order valence-electron chi connectivity index (χ3n) is 2.81. The summed E-state index contributed by atoms with van der Waals surface area (Å²) < 4.78 is 6.06. The van der Waals surface area contributed by atoms with E-state index < -0.39 is 12.0 Å². The Hall–Kier alpha value is -1.11. The molecule has 1 rings (SSSR count). The predicted octanol–water partition coefficient (Wildman–Crippen LogP) is 1.56. The Labute approximate surface area is 121 Å². The summed E-state index contributed by atoms with van der Waals surface area (Å²) in [7, 11) is 5.16. The van der Waals surface area contributed by atoms with Crippen molar-refractivity contribution in [3.8, 4) is 5.75 Å². The number of nitrogens with one attached hydrogen (secondary N) is 1. The van der Waals surface area contributed by atoms with E-state index in [-0.39, 0.29) is 0 Å². The molecule has 0 heterocycles. The molecule has 0 saturated heterocycles. The molecule has 0 spiro atoms. The number of rotatable bonds is 7. The van der Waals surface area contributed by atoms with Crippen LogP contribution in [-0.4, -0.2) is 49.8 Å². The van der Waals surface area contributed by atoms with Crippen LogP contribution in [0, 0.1) is 0 Å². The summed E-state index contributed by atoms with van der Waals surface area (Å²) in [6.07, 6.45) is 0. The molecule has 0 saturated carbocycles. The van der Waals surface area contributed by atoms with Crippen molar-refractivity contribution in [2.45, 2.75) is 12.6 Å². The molecule has 106 valence electrons. The van der Waals surface area contributed by atoms with E-state index in [0.29, 0.717) is 13.1 Å². The summed E-state index contributed by atoms with van der Waals surface area (Å²) in [6.45, 7) is 1.11. The molecule has 19 heavy (non-hydrogen) atoms. The van der Waals surface area contributed by atoms with Gasteiger partial charge >= 0.3 is 5.97 Å². The van der Waals surface area contributed by atoms with Gasteiger partial charge in [0, 0.05) is 13.1 Å². The van der Waals surface area contributed by atoms with Crippen LogP contribution in [0.3, 0.4) is 0 Å². The van der Waals surface area contributed by atoms with E-state index >= 15 is 0 Å². The molecule has 0 aliphatic rings. The minimum Gasteiger partial charge on any atom is -0.496 e. The molecule has 1 unspecified atom stereocenters. The predicted molar refractivity (Wildman–Crippen MR) is 77.5 cm³/mol. The second-order valence-electron chi connectivity index (χ2n) is 4.35. The molecule has 5 nitrogen and oxygen atoms in total. The fourth-order valence-corrected chi connectivity index (χ4v) is 2.38. The van der Waals surface area contributed by atoms with E-state index in [4.69, 9.17) is 9.84 Å². The van der Waals surface area contributed by atoms with E-state index in [1.807, 2.05) is 30.1 Å². The summed E-state index contributed by atoms with van der Waals surface area (Å²) in [5.74, 6) is -0.0599. The zero-order valence-corrected chi connectivity index (χ0v) is 12.9. The molecular formula is C13H19BrN2O3. The van der Waals surface area contributed by atoms with Crippen LogP contribution in [0.15, 0.2) is 22.7 Å². The molecule has 1 aromatic rings. The molecule has 0 amide bonds. The molecule has 1 atom stereocenters. The van der Waals surface area contributed by atoms with Gasteiger partial charge in [-0.1, -0.05) is 6.07 Å². The van der Waals surface area contributed by atoms with Gasteiger partial charge in [-0.3, -0.25) is 9.69 Å². The first-order valence-corrected chi connectivity index (χ1v) is 6.68. The smallest absolute Gasteiger partial charge is 0.322 e. The highest BCUT2D eigenvalue weighted by atomic mass is 79.9. The number of carbonyl (C=O) groups is 1. The third kappa shape index (κ3) is 4.81. The Kier molecular flexibility index (Phi) is 6.27. The van der Waals surface area contributed by atoms with Crippen molar-refractivity contribution in [3.05, 3.63) is 28.2 Å². The van der Waals surface area contributed by atoms with Gasteiger partial charge in [0.1, 0.15) is 11.8 Å². The first kappa shape index (κ1) is 15.9. The zero-order valence-electron chi connectivity index (χ0n) is 11.3. The molecule has 0 radical (unpaired) electrons. The van der Waals surface area contributed by atoms with Crippen molar-refractivity contribution in [1.29, 1.82) is 0 Å². The monoisotopic (exact) mass is 330 g/mol. The molecular weight excluding hydrogens is 312 g/mol. The number of methoxy groups -OCH3 is 1. The Morgan fingerprint density at radius 2 is 2.26 bits per heavy atom. The summed E-state index contributed by atoms with van der Waals surface area (Å²) >= 11 is 3.43. The quantitative estimate of drug-likeness (QED) is 0.794. The summed E-state index contributed by atoms with van der Waals surface area (Å²) in [5, 5.41) is 11.8. The maximum atomic E-state index is 10.9. The van der Waals surface area contributed by atoms with Crippen LogP contribution in [0.1, 0.15) is 5.56 Å². The number of likely N-dealkylation sites (N-methyl/N-ethyl adjacent to an activating group) is 2. The Morgan fingerprint density at radius 3 is 2.74 bits per heavy atom. The fraction of sp³-hybridized carbons (Fsp3) is 0.462. The molecule has 0 aliphatic heterocycles. The van der Waals surface area contributed by atoms with Crippen LogP contribution < -0.4 is 10.1 Å². The lowest BCUT2D eigenvalue weighted by Crippen LogP contribution is -2.43. The number of carboxylic acids is 1. The molecule has 0 aromatic heterocycles. The number of hydrogen-bond acceptors (Lipinski definition) is 4. The first-order chi connectivity index (χ1) is 8.97. The molecule has 0 aliphatic carbocycles. The maximum Gasteiger partial charge on any atom is 0.322 e. The van der Waals surface area contributed by atoms with Gasteiger partial charge in [0.25, 0.3) is 0 Å². The van der Waals surface area contributed by atoms with Gasteiger partial charge in [-0.25, -0.2) is 0 Å². The van der Waals surface area contributed by atoms with Crippen LogP contribution in [-0.2, 0) is 11.3 Å². The number of nitrogens with zero attached hydrogens (tertiary/aromatic N) is 1. The van der Waals surface area contributed by atoms with Crippen molar-refractivity contribution >= 4 is 21.9 Å². The lowest BCUT2D eigenvalue weighted by molar-refractivity contribution is -0.139. The molecule has 1 aromatic carbocycles. The molecule has 0 bridgehead atoms. The second kappa shape index (κ2) is 7.47. The minimum absolute atomic E-state index is 0.440. The molecule has 2 N–H and O–H groups in total. The van der Waals surface area contributed by atoms with Crippen LogP contribution in [0.5, 0.6) is 5.75 Å². The van der Waals surface area contributed by atoms with Crippen molar-refractivity contribution in [2.24, 2.45) is 0 Å². The van der Waals surface area contributed by atoms with Gasteiger partial charge in [-0.15, -0.1) is 0 Å². The average Bonchev–Trinajstić information content (AvgIpc) is 2.35. The Balaban J connectivity index is 2.64. The van der Waals surface area contributed by atoms with Gasteiger partial charge in [0.05, 0.1) is 11.6 Å². The van der Waals surface area contributed by atoms with E-state index in [1.165, 1.54) is 0 Å². The van der Waals surface area contributed by atoms with E-state index in [0.717, 1.165) is 15.8 Å². The van der Waals surface area contributed by atoms with Gasteiger partial charge < -0.3 is 15.2 Å². The molecule has 0 fully saturated rings. The summed E-state index contributed by atoms with van der Waals surface area (Å²) in [4.78, 5) is 12.9. The fourth-order valence-electron chi connectivity index (χ4n) is 1.79. The van der Waals surface area contributed by atoms with Crippen LogP contribution in [0.25, 0.3) is 0 Å². The maximum absolute atomic E-state index is 10.9. The standard InChI is InChI=1S/C13H19BrN2O3/c1-15-11(13(17)18)8-16(2)7-9-4-5-12(19-3)10(14)6-9/h4-6,11,15H,7-8H2,1-3H3,(H,17,18). The van der Waals surface area contributed by atoms with Crippen LogP contribution in [0.4, 0.5) is 0 Å². The first-order valence-electron chi connectivity index (χ1n) is 5.89. The normalized spacial score (nSPS) is 12.5. The van der Waals surface area contributed by atoms with Crippen molar-refractivity contribution < 1.29 is 14.6 Å². The van der Waals surface area contributed by atoms with E-state index in [2.05, 4.69) is 21.2 Å². The second-order valence-corrected chi connectivity index (χ2v) is 5.20. The number of benzene rings is 1. The van der Waals surface area contributed by atoms with E-state index in [9.17, 15) is 4.79 Å². The van der Waals surface area contributed by atoms with Gasteiger partial charge in [-0.2, -0.15) is 0 Å². The minimum atomic E-state index is -0.842. The Morgan fingerprint density at radius 1 is 1.58 bits per heavy atom. The van der Waals surface area contributed by atoms with Crippen LogP contribution in [0.2, 0.25) is 0 Å². The summed E-state index contributed by atoms with van der Waals surface area (Å²) in [6, 6.07) is 5.27. The zero-order chi connectivity index (χ0) is 14.4. The van der Waals surface area contributed by atoms with Crippen molar-refractivity contribution in [1.82, 2.24) is 10.2 Å². The highest BCUT2D eigenvalue weighted by molar-refractivity contribution is 9.10. The number of hydrogen-bond donors (Lipinski definition) is 2. The van der Waals surface area contributed by atoms with Crippen molar-refractivity contribution in [2.75, 3.05) is 27.7 Å². The largest absolute Gasteiger partial charge is 0.496 e. The lowest BCUT2D eigenvalue weighted by atomic mass is 10.2. The third-order valence-corrected chi connectivity index (χ3v) is 3.43. The highest BCUT2D eigenvalue weighted by Crippen LogP contribution is 2.25. The topological polar surface area (TPSA) is 61.8 Å². The molecule has 6 heteroatoms. The highest BCUT2D eigenvalue weighted by Gasteiger charge is 2.17. The SMILES string of the molecule is CNC(CN(C)Cc1ccc(OC)c(Br)c1)C(=O)O. The van der Waals surface area contributed by atoms with Gasteiger partial charge in [0.2, 0.25) is 0 Å².